The molecular weight excluding hydrogens is 358 g/mol. The van der Waals surface area contributed by atoms with E-state index < -0.39 is 0 Å². The third-order valence-corrected chi connectivity index (χ3v) is 5.16. The van der Waals surface area contributed by atoms with Gasteiger partial charge in [-0.1, -0.05) is 58.6 Å². The maximum absolute atomic E-state index is 11.8. The van der Waals surface area contributed by atoms with Gasteiger partial charge in [-0.15, -0.1) is 10.2 Å². The summed E-state index contributed by atoms with van der Waals surface area (Å²) in [6.07, 6.45) is 0.364. The standard InChI is InChI=1S/C16H17N5O2S2/c1-11-9-13(21-23-11)18-14(22)7-8-24-16-20-19-15(25-16)17-10-12-5-3-2-4-6-12/h2-6,9H,7-8,10H2,1H3,(H,17,19)(H,18,21,22). The summed E-state index contributed by atoms with van der Waals surface area (Å²) < 4.78 is 5.74. The van der Waals surface area contributed by atoms with Crippen molar-refractivity contribution in [2.75, 3.05) is 16.4 Å². The zero-order valence-corrected chi connectivity index (χ0v) is 15.2. The summed E-state index contributed by atoms with van der Waals surface area (Å²) in [7, 11) is 0. The van der Waals surface area contributed by atoms with Gasteiger partial charge in [-0.3, -0.25) is 4.79 Å². The molecule has 130 valence electrons. The third kappa shape index (κ3) is 5.57. The quantitative estimate of drug-likeness (QED) is 0.581. The average molecular weight is 375 g/mol. The van der Waals surface area contributed by atoms with Crippen LogP contribution in [0.4, 0.5) is 10.9 Å². The van der Waals surface area contributed by atoms with Crippen molar-refractivity contribution in [2.24, 2.45) is 0 Å². The van der Waals surface area contributed by atoms with E-state index in [4.69, 9.17) is 4.52 Å². The third-order valence-electron chi connectivity index (χ3n) is 3.14. The Hall–Kier alpha value is -2.39. The molecule has 2 aromatic heterocycles. The first-order chi connectivity index (χ1) is 12.2. The van der Waals surface area contributed by atoms with Crippen molar-refractivity contribution in [3.8, 4) is 0 Å². The van der Waals surface area contributed by atoms with E-state index in [2.05, 4.69) is 38.1 Å². The van der Waals surface area contributed by atoms with E-state index in [0.717, 1.165) is 9.47 Å². The number of thioether (sulfide) groups is 1. The molecule has 3 aromatic rings. The lowest BCUT2D eigenvalue weighted by Crippen LogP contribution is -2.12. The molecule has 1 amide bonds. The molecule has 0 fully saturated rings. The molecular formula is C16H17N5O2S2. The van der Waals surface area contributed by atoms with Crippen molar-refractivity contribution in [3.05, 3.63) is 47.7 Å². The van der Waals surface area contributed by atoms with E-state index in [-0.39, 0.29) is 5.91 Å². The number of aryl methyl sites for hydroxylation is 1. The van der Waals surface area contributed by atoms with Crippen molar-refractivity contribution < 1.29 is 9.32 Å². The zero-order chi connectivity index (χ0) is 17.5. The first-order valence-corrected chi connectivity index (χ1v) is 9.46. The van der Waals surface area contributed by atoms with Gasteiger partial charge in [0.05, 0.1) is 0 Å². The summed E-state index contributed by atoms with van der Waals surface area (Å²) in [5, 5.41) is 18.7. The Bertz CT molecular complexity index is 819. The predicted octanol–water partition coefficient (Wildman–Crippen LogP) is 3.57. The number of carbonyl (C=O) groups excluding carboxylic acids is 1. The van der Waals surface area contributed by atoms with Crippen LogP contribution in [-0.2, 0) is 11.3 Å². The van der Waals surface area contributed by atoms with E-state index in [1.165, 1.54) is 28.7 Å². The van der Waals surface area contributed by atoms with Gasteiger partial charge in [-0.25, -0.2) is 0 Å². The minimum Gasteiger partial charge on any atom is -0.360 e. The van der Waals surface area contributed by atoms with Crippen LogP contribution in [0.3, 0.4) is 0 Å². The van der Waals surface area contributed by atoms with Crippen molar-refractivity contribution >= 4 is 40.0 Å². The number of anilines is 2. The zero-order valence-electron chi connectivity index (χ0n) is 13.6. The van der Waals surface area contributed by atoms with Gasteiger partial charge in [0.25, 0.3) is 0 Å². The van der Waals surface area contributed by atoms with Crippen molar-refractivity contribution in [1.82, 2.24) is 15.4 Å². The lowest BCUT2D eigenvalue weighted by atomic mass is 10.2. The second-order valence-corrected chi connectivity index (χ2v) is 7.50. The molecule has 2 heterocycles. The van der Waals surface area contributed by atoms with Gasteiger partial charge in [0.2, 0.25) is 11.0 Å². The Labute approximate surface area is 153 Å². The average Bonchev–Trinajstić information content (AvgIpc) is 3.23. The molecule has 2 N–H and O–H groups in total. The summed E-state index contributed by atoms with van der Waals surface area (Å²) in [5.41, 5.74) is 1.19. The van der Waals surface area contributed by atoms with Gasteiger partial charge in [-0.2, -0.15) is 0 Å². The van der Waals surface area contributed by atoms with E-state index in [1.807, 2.05) is 18.2 Å². The number of carbonyl (C=O) groups is 1. The Morgan fingerprint density at radius 3 is 2.88 bits per heavy atom. The molecule has 7 nitrogen and oxygen atoms in total. The second-order valence-electron chi connectivity index (χ2n) is 5.18. The molecule has 0 saturated heterocycles. The summed E-state index contributed by atoms with van der Waals surface area (Å²) >= 11 is 2.99. The highest BCUT2D eigenvalue weighted by Crippen LogP contribution is 2.26. The predicted molar refractivity (Wildman–Crippen MR) is 98.9 cm³/mol. The van der Waals surface area contributed by atoms with Crippen molar-refractivity contribution in [3.63, 3.8) is 0 Å². The molecule has 0 saturated carbocycles. The molecule has 0 atom stereocenters. The minimum atomic E-state index is -0.104. The SMILES string of the molecule is Cc1cc(NC(=O)CCSc2nnc(NCc3ccccc3)s2)no1. The number of hydrogen-bond acceptors (Lipinski definition) is 8. The van der Waals surface area contributed by atoms with Gasteiger partial charge < -0.3 is 15.2 Å². The number of amides is 1. The van der Waals surface area contributed by atoms with Crippen LogP contribution in [0.25, 0.3) is 0 Å². The second kappa shape index (κ2) is 8.63. The topological polar surface area (TPSA) is 92.9 Å². The fourth-order valence-electron chi connectivity index (χ4n) is 1.97. The molecule has 3 rings (SSSR count). The normalized spacial score (nSPS) is 10.6. The fourth-order valence-corrected chi connectivity index (χ4v) is 3.73. The number of hydrogen-bond donors (Lipinski definition) is 2. The minimum absolute atomic E-state index is 0.104. The van der Waals surface area contributed by atoms with Gasteiger partial charge in [0.1, 0.15) is 5.76 Å². The van der Waals surface area contributed by atoms with Gasteiger partial charge in [-0.05, 0) is 12.5 Å². The first-order valence-electron chi connectivity index (χ1n) is 7.66. The molecule has 0 spiro atoms. The maximum Gasteiger partial charge on any atom is 0.226 e. The fraction of sp³-hybridized carbons (Fsp3) is 0.250. The molecule has 0 aliphatic heterocycles. The van der Waals surface area contributed by atoms with Gasteiger partial charge >= 0.3 is 0 Å². The van der Waals surface area contributed by atoms with Gasteiger partial charge in [0.15, 0.2) is 10.2 Å². The number of rotatable bonds is 8. The van der Waals surface area contributed by atoms with E-state index in [9.17, 15) is 4.79 Å². The lowest BCUT2D eigenvalue weighted by Gasteiger charge is -2.01. The van der Waals surface area contributed by atoms with E-state index in [1.54, 1.807) is 13.0 Å². The van der Waals surface area contributed by atoms with E-state index >= 15 is 0 Å². The Kier molecular flexibility index (Phi) is 6.02. The Morgan fingerprint density at radius 2 is 2.12 bits per heavy atom. The van der Waals surface area contributed by atoms with Gasteiger partial charge in [0, 0.05) is 24.8 Å². The molecule has 9 heteroatoms. The van der Waals surface area contributed by atoms with Crippen molar-refractivity contribution in [1.29, 1.82) is 0 Å². The summed E-state index contributed by atoms with van der Waals surface area (Å²) in [6.45, 7) is 2.48. The van der Waals surface area contributed by atoms with Crippen LogP contribution in [0.1, 0.15) is 17.7 Å². The molecule has 25 heavy (non-hydrogen) atoms. The number of benzene rings is 1. The Morgan fingerprint density at radius 1 is 1.28 bits per heavy atom. The highest BCUT2D eigenvalue weighted by atomic mass is 32.2. The molecule has 0 aliphatic rings. The maximum atomic E-state index is 11.8. The molecule has 0 bridgehead atoms. The molecule has 0 unspecified atom stereocenters. The highest BCUT2D eigenvalue weighted by molar-refractivity contribution is 8.01. The van der Waals surface area contributed by atoms with Crippen molar-refractivity contribution in [2.45, 2.75) is 24.2 Å². The Balaban J connectivity index is 1.39. The molecule has 0 radical (unpaired) electrons. The van der Waals surface area contributed by atoms with Crippen LogP contribution < -0.4 is 10.6 Å². The number of nitrogens with zero attached hydrogens (tertiary/aromatic N) is 3. The van der Waals surface area contributed by atoms with Crippen LogP contribution in [0.2, 0.25) is 0 Å². The van der Waals surface area contributed by atoms with E-state index in [0.29, 0.717) is 30.3 Å². The van der Waals surface area contributed by atoms with Crippen LogP contribution in [0, 0.1) is 6.92 Å². The lowest BCUT2D eigenvalue weighted by molar-refractivity contribution is -0.115. The number of aromatic nitrogens is 3. The monoisotopic (exact) mass is 375 g/mol. The first kappa shape index (κ1) is 17.4. The largest absolute Gasteiger partial charge is 0.360 e. The molecule has 0 aliphatic carbocycles. The number of nitrogens with one attached hydrogen (secondary N) is 2. The van der Waals surface area contributed by atoms with Crippen LogP contribution in [0.15, 0.2) is 45.3 Å². The molecule has 1 aromatic carbocycles. The summed E-state index contributed by atoms with van der Waals surface area (Å²) in [6, 6.07) is 11.8. The smallest absolute Gasteiger partial charge is 0.226 e. The van der Waals surface area contributed by atoms with Crippen LogP contribution >= 0.6 is 23.1 Å². The highest BCUT2D eigenvalue weighted by Gasteiger charge is 2.09. The summed E-state index contributed by atoms with van der Waals surface area (Å²) in [4.78, 5) is 11.8. The van der Waals surface area contributed by atoms with Crippen LogP contribution in [0.5, 0.6) is 0 Å². The summed E-state index contributed by atoms with van der Waals surface area (Å²) in [5.74, 6) is 1.62. The van der Waals surface area contributed by atoms with Crippen LogP contribution in [-0.4, -0.2) is 27.0 Å².